The number of anilines is 1. The van der Waals surface area contributed by atoms with Gasteiger partial charge in [0.05, 0.1) is 12.5 Å². The molecule has 1 N–H and O–H groups in total. The second kappa shape index (κ2) is 6.01. The molecule has 3 aliphatic rings. The minimum atomic E-state index is -0.712. The van der Waals surface area contributed by atoms with Crippen LogP contribution in [0, 0.1) is 17.8 Å². The smallest absolute Gasteiger partial charge is 0.307 e. The summed E-state index contributed by atoms with van der Waals surface area (Å²) in [5.74, 6) is 0.287. The lowest BCUT2D eigenvalue weighted by Gasteiger charge is -2.35. The number of amides is 1. The van der Waals surface area contributed by atoms with E-state index in [1.165, 1.54) is 0 Å². The fourth-order valence-electron chi connectivity index (χ4n) is 3.95. The molecule has 0 radical (unpaired) electrons. The first-order valence-corrected chi connectivity index (χ1v) is 8.38. The number of nitrogens with zero attached hydrogens (tertiary/aromatic N) is 5. The van der Waals surface area contributed by atoms with Gasteiger partial charge in [-0.1, -0.05) is 0 Å². The van der Waals surface area contributed by atoms with Crippen LogP contribution in [0.2, 0.25) is 0 Å². The van der Waals surface area contributed by atoms with E-state index in [1.807, 2.05) is 4.90 Å². The van der Waals surface area contributed by atoms with Gasteiger partial charge in [0, 0.05) is 51.7 Å². The Bertz CT molecular complexity index is 620. The van der Waals surface area contributed by atoms with Crippen LogP contribution in [0.15, 0.2) is 18.5 Å². The number of hydrogen-bond acceptors (Lipinski definition) is 6. The molecular formula is C16H21N5O3. The van der Waals surface area contributed by atoms with Gasteiger partial charge in [-0.05, 0) is 17.9 Å². The summed E-state index contributed by atoms with van der Waals surface area (Å²) >= 11 is 0. The van der Waals surface area contributed by atoms with Crippen molar-refractivity contribution < 1.29 is 14.7 Å². The van der Waals surface area contributed by atoms with Crippen molar-refractivity contribution >= 4 is 17.8 Å². The summed E-state index contributed by atoms with van der Waals surface area (Å²) in [7, 11) is 0. The number of aliphatic carboxylic acids is 1. The lowest BCUT2D eigenvalue weighted by atomic mass is 10.2. The quantitative estimate of drug-likeness (QED) is 0.787. The Morgan fingerprint density at radius 1 is 1.08 bits per heavy atom. The molecule has 1 amide bonds. The van der Waals surface area contributed by atoms with Crippen LogP contribution >= 0.6 is 0 Å². The summed E-state index contributed by atoms with van der Waals surface area (Å²) in [4.78, 5) is 38.0. The van der Waals surface area contributed by atoms with Crippen molar-refractivity contribution in [3.8, 4) is 0 Å². The molecule has 3 atom stereocenters. The van der Waals surface area contributed by atoms with E-state index in [-0.39, 0.29) is 23.7 Å². The molecule has 3 heterocycles. The number of piperidine rings is 1. The van der Waals surface area contributed by atoms with Gasteiger partial charge in [0.2, 0.25) is 11.9 Å². The van der Waals surface area contributed by atoms with Crippen LogP contribution in [0.5, 0.6) is 0 Å². The van der Waals surface area contributed by atoms with Crippen molar-refractivity contribution in [3.63, 3.8) is 0 Å². The van der Waals surface area contributed by atoms with E-state index in [2.05, 4.69) is 19.8 Å². The van der Waals surface area contributed by atoms with Gasteiger partial charge in [-0.15, -0.1) is 0 Å². The van der Waals surface area contributed by atoms with Crippen LogP contribution in [0.4, 0.5) is 5.95 Å². The highest BCUT2D eigenvalue weighted by molar-refractivity contribution is 5.80. The molecular weight excluding hydrogens is 310 g/mol. The maximum absolute atomic E-state index is 12.4. The highest BCUT2D eigenvalue weighted by Gasteiger charge is 2.60. The van der Waals surface area contributed by atoms with Crippen LogP contribution in [-0.4, -0.2) is 82.6 Å². The van der Waals surface area contributed by atoms with Crippen molar-refractivity contribution in [1.29, 1.82) is 0 Å². The molecule has 4 rings (SSSR count). The molecule has 8 heteroatoms. The zero-order valence-electron chi connectivity index (χ0n) is 13.4. The zero-order valence-corrected chi connectivity index (χ0v) is 13.4. The van der Waals surface area contributed by atoms with E-state index >= 15 is 0 Å². The molecule has 1 saturated carbocycles. The number of carbonyl (C=O) groups is 2. The van der Waals surface area contributed by atoms with Gasteiger partial charge in [0.15, 0.2) is 0 Å². The molecule has 128 valence electrons. The number of hydrogen-bond donors (Lipinski definition) is 1. The second-order valence-electron chi connectivity index (χ2n) is 6.80. The Morgan fingerprint density at radius 3 is 2.29 bits per heavy atom. The van der Waals surface area contributed by atoms with Crippen molar-refractivity contribution in [3.05, 3.63) is 18.5 Å². The van der Waals surface area contributed by atoms with Gasteiger partial charge in [0.25, 0.3) is 0 Å². The third kappa shape index (κ3) is 2.82. The summed E-state index contributed by atoms with van der Waals surface area (Å²) in [6.07, 6.45) is 3.47. The summed E-state index contributed by atoms with van der Waals surface area (Å²) in [6, 6.07) is 1.80. The maximum atomic E-state index is 12.4. The third-order valence-corrected chi connectivity index (χ3v) is 5.40. The number of fused-ring (bicyclic) bond motifs is 1. The summed E-state index contributed by atoms with van der Waals surface area (Å²) in [5, 5.41) is 9.04. The topological polar surface area (TPSA) is 89.9 Å². The van der Waals surface area contributed by atoms with Crippen LogP contribution in [0.25, 0.3) is 0 Å². The van der Waals surface area contributed by atoms with Crippen LogP contribution in [0.3, 0.4) is 0 Å². The lowest BCUT2D eigenvalue weighted by molar-refractivity contribution is -0.141. The molecule has 0 aromatic carbocycles. The SMILES string of the molecule is O=C(O)C1[C@H]2CN(C(=O)CN3CCN(c4ncccn4)CC3)C[C@@H]12. The van der Waals surface area contributed by atoms with Crippen molar-refractivity contribution in [2.45, 2.75) is 0 Å². The molecule has 2 aliphatic heterocycles. The molecule has 2 saturated heterocycles. The fraction of sp³-hybridized carbons (Fsp3) is 0.625. The largest absolute Gasteiger partial charge is 0.481 e. The number of likely N-dealkylation sites (tertiary alicyclic amines) is 1. The van der Waals surface area contributed by atoms with Crippen LogP contribution in [0.1, 0.15) is 0 Å². The Morgan fingerprint density at radius 2 is 1.71 bits per heavy atom. The monoisotopic (exact) mass is 331 g/mol. The highest BCUT2D eigenvalue weighted by atomic mass is 16.4. The van der Waals surface area contributed by atoms with Gasteiger partial charge in [-0.25, -0.2) is 9.97 Å². The molecule has 3 fully saturated rings. The molecule has 1 aromatic rings. The second-order valence-corrected chi connectivity index (χ2v) is 6.80. The number of carbonyl (C=O) groups excluding carboxylic acids is 1. The minimum Gasteiger partial charge on any atom is -0.481 e. The predicted octanol–water partition coefficient (Wildman–Crippen LogP) is -0.612. The number of aromatic nitrogens is 2. The average Bonchev–Trinajstić information content (AvgIpc) is 3.11. The third-order valence-electron chi connectivity index (χ3n) is 5.40. The minimum absolute atomic E-state index is 0.121. The predicted molar refractivity (Wildman–Crippen MR) is 85.4 cm³/mol. The molecule has 1 aromatic heterocycles. The molecule has 1 aliphatic carbocycles. The standard InChI is InChI=1S/C16H21N5O3/c22-13(21-8-11-12(9-21)14(11)15(23)24)10-19-4-6-20(7-5-19)16-17-2-1-3-18-16/h1-3,11-12,14H,4-10H2,(H,23,24)/t11-,12+,14?. The number of piperazine rings is 1. The lowest BCUT2D eigenvalue weighted by Crippen LogP contribution is -2.50. The molecule has 0 bridgehead atoms. The number of carboxylic acids is 1. The number of carboxylic acid groups (broad SMARTS) is 1. The summed E-state index contributed by atoms with van der Waals surface area (Å²) in [5.41, 5.74) is 0. The van der Waals surface area contributed by atoms with Crippen LogP contribution < -0.4 is 4.90 Å². The van der Waals surface area contributed by atoms with Gasteiger partial charge in [-0.2, -0.15) is 0 Å². The van der Waals surface area contributed by atoms with Crippen molar-refractivity contribution in [2.75, 3.05) is 50.7 Å². The first-order chi connectivity index (χ1) is 11.6. The molecule has 24 heavy (non-hydrogen) atoms. The van der Waals surface area contributed by atoms with Gasteiger partial charge in [-0.3, -0.25) is 14.5 Å². The summed E-state index contributed by atoms with van der Waals surface area (Å²) < 4.78 is 0. The first-order valence-electron chi connectivity index (χ1n) is 8.38. The normalized spacial score (nSPS) is 29.4. The fourth-order valence-corrected chi connectivity index (χ4v) is 3.95. The highest BCUT2D eigenvalue weighted by Crippen LogP contribution is 2.51. The van der Waals surface area contributed by atoms with Crippen molar-refractivity contribution in [2.24, 2.45) is 17.8 Å². The molecule has 8 nitrogen and oxygen atoms in total. The first kappa shape index (κ1) is 15.3. The van der Waals surface area contributed by atoms with Crippen molar-refractivity contribution in [1.82, 2.24) is 19.8 Å². The van der Waals surface area contributed by atoms with E-state index in [0.717, 1.165) is 32.1 Å². The Kier molecular flexibility index (Phi) is 3.84. The Balaban J connectivity index is 1.23. The van der Waals surface area contributed by atoms with E-state index in [1.54, 1.807) is 18.5 Å². The van der Waals surface area contributed by atoms with E-state index in [4.69, 9.17) is 5.11 Å². The Labute approximate surface area is 140 Å². The van der Waals surface area contributed by atoms with E-state index in [9.17, 15) is 9.59 Å². The molecule has 0 spiro atoms. The summed E-state index contributed by atoms with van der Waals surface area (Å²) in [6.45, 7) is 4.87. The van der Waals surface area contributed by atoms with Crippen LogP contribution in [-0.2, 0) is 9.59 Å². The zero-order chi connectivity index (χ0) is 16.7. The van der Waals surface area contributed by atoms with Gasteiger partial charge < -0.3 is 14.9 Å². The molecule has 1 unspecified atom stereocenters. The van der Waals surface area contributed by atoms with Gasteiger partial charge >= 0.3 is 5.97 Å². The van der Waals surface area contributed by atoms with E-state index < -0.39 is 5.97 Å². The maximum Gasteiger partial charge on any atom is 0.307 e. The number of rotatable bonds is 4. The van der Waals surface area contributed by atoms with Gasteiger partial charge in [0.1, 0.15) is 0 Å². The van der Waals surface area contributed by atoms with E-state index in [0.29, 0.717) is 19.6 Å². The average molecular weight is 331 g/mol. The Hall–Kier alpha value is -2.22.